The van der Waals surface area contributed by atoms with E-state index in [-0.39, 0.29) is 30.1 Å². The molecule has 0 radical (unpaired) electrons. The summed E-state index contributed by atoms with van der Waals surface area (Å²) in [5, 5.41) is 3.13. The lowest BCUT2D eigenvalue weighted by Gasteiger charge is -2.09. The number of sulfonamides is 1. The molecule has 0 saturated heterocycles. The lowest BCUT2D eigenvalue weighted by Crippen LogP contribution is -2.27. The molecule has 12 heteroatoms. The van der Waals surface area contributed by atoms with Gasteiger partial charge in [0.15, 0.2) is 7.37 Å². The van der Waals surface area contributed by atoms with Crippen LogP contribution in [0.25, 0.3) is 22.4 Å². The van der Waals surface area contributed by atoms with E-state index in [1.165, 1.54) is 13.7 Å². The van der Waals surface area contributed by atoms with Crippen molar-refractivity contribution in [2.24, 2.45) is 0 Å². The van der Waals surface area contributed by atoms with Gasteiger partial charge in [-0.25, -0.2) is 18.1 Å². The van der Waals surface area contributed by atoms with Gasteiger partial charge in [0.1, 0.15) is 11.5 Å². The van der Waals surface area contributed by atoms with Gasteiger partial charge < -0.3 is 14.6 Å². The Morgan fingerprint density at radius 2 is 1.91 bits per heavy atom. The number of aryl methyl sites for hydroxylation is 1. The van der Waals surface area contributed by atoms with E-state index in [9.17, 15) is 22.7 Å². The number of carbonyl (C=O) groups excluding carboxylic acids is 1. The van der Waals surface area contributed by atoms with Crippen molar-refractivity contribution in [2.75, 3.05) is 26.4 Å². The number of nitrogens with one attached hydrogen (secondary N) is 2. The van der Waals surface area contributed by atoms with Crippen molar-refractivity contribution < 1.29 is 27.1 Å². The minimum absolute atomic E-state index is 0.153. The molecule has 1 atom stereocenters. The van der Waals surface area contributed by atoms with E-state index >= 15 is 0 Å². The Hall–Kier alpha value is -1.79. The monoisotopic (exact) mass is 619 g/mol. The van der Waals surface area contributed by atoms with Crippen molar-refractivity contribution in [2.45, 2.75) is 25.5 Å². The molecule has 2 aromatic heterocycles. The summed E-state index contributed by atoms with van der Waals surface area (Å²) in [4.78, 5) is 26.4. The third kappa shape index (κ3) is 6.88. The molecule has 34 heavy (non-hydrogen) atoms. The molecule has 1 aromatic carbocycles. The molecule has 0 bridgehead atoms. The standard InChI is InChI=1S/C22H27IN3O6PS/c1-14-6-8-15(9-7-14)20-19(21(27)24-2)16-12-17(23)18(26-22(16)32-20)13-34(30,31)25-10-4-5-11-33(3,28)29/h6-9,12,25H,4-5,10-11,13H2,1-3H3,(H,24,27)(H,28,29). The highest BCUT2D eigenvalue weighted by atomic mass is 127. The number of hydrogen-bond acceptors (Lipinski definition) is 6. The molecule has 1 amide bonds. The van der Waals surface area contributed by atoms with Crippen LogP contribution >= 0.6 is 30.0 Å². The zero-order valence-corrected chi connectivity index (χ0v) is 23.0. The fourth-order valence-electron chi connectivity index (χ4n) is 3.38. The number of halogens is 1. The zero-order chi connectivity index (χ0) is 25.1. The number of furan rings is 1. The maximum atomic E-state index is 12.7. The van der Waals surface area contributed by atoms with E-state index in [1.54, 1.807) is 6.07 Å². The minimum atomic E-state index is -3.69. The lowest BCUT2D eigenvalue weighted by molar-refractivity contribution is 0.0964. The van der Waals surface area contributed by atoms with Crippen molar-refractivity contribution in [3.63, 3.8) is 0 Å². The van der Waals surface area contributed by atoms with Gasteiger partial charge in [0.2, 0.25) is 15.7 Å². The van der Waals surface area contributed by atoms with Gasteiger partial charge in [-0.3, -0.25) is 9.36 Å². The molecule has 2 heterocycles. The van der Waals surface area contributed by atoms with E-state index in [1.807, 2.05) is 53.8 Å². The molecule has 3 aromatic rings. The van der Waals surface area contributed by atoms with Crippen molar-refractivity contribution in [1.29, 1.82) is 0 Å². The van der Waals surface area contributed by atoms with Crippen LogP contribution in [0.2, 0.25) is 0 Å². The van der Waals surface area contributed by atoms with Gasteiger partial charge in [-0.2, -0.15) is 0 Å². The number of amides is 1. The Balaban J connectivity index is 1.87. The number of nitrogens with zero attached hydrogens (tertiary/aromatic N) is 1. The molecular weight excluding hydrogens is 592 g/mol. The van der Waals surface area contributed by atoms with Crippen molar-refractivity contribution in [3.8, 4) is 11.3 Å². The van der Waals surface area contributed by atoms with Crippen LogP contribution in [-0.2, 0) is 20.3 Å². The number of rotatable bonds is 10. The molecule has 0 fully saturated rings. The molecule has 1 unspecified atom stereocenters. The smallest absolute Gasteiger partial charge is 0.255 e. The Bertz CT molecular complexity index is 1350. The maximum Gasteiger partial charge on any atom is 0.255 e. The number of unbranched alkanes of at least 4 members (excludes halogenated alkanes) is 1. The summed E-state index contributed by atoms with van der Waals surface area (Å²) in [5.41, 5.74) is 2.61. The Morgan fingerprint density at radius 1 is 1.24 bits per heavy atom. The van der Waals surface area contributed by atoms with Gasteiger partial charge in [-0.05, 0) is 48.4 Å². The molecule has 0 aliphatic rings. The number of pyridine rings is 1. The van der Waals surface area contributed by atoms with Crippen LogP contribution in [-0.4, -0.2) is 50.6 Å². The van der Waals surface area contributed by atoms with Crippen LogP contribution in [0.3, 0.4) is 0 Å². The number of hydrogen-bond donors (Lipinski definition) is 3. The van der Waals surface area contributed by atoms with E-state index in [0.717, 1.165) is 5.56 Å². The van der Waals surface area contributed by atoms with Crippen LogP contribution in [0.1, 0.15) is 34.5 Å². The highest BCUT2D eigenvalue weighted by Crippen LogP contribution is 2.36. The highest BCUT2D eigenvalue weighted by molar-refractivity contribution is 14.1. The first-order valence-corrected chi connectivity index (χ1v) is 15.6. The molecule has 9 nitrogen and oxygen atoms in total. The molecule has 0 spiro atoms. The summed E-state index contributed by atoms with van der Waals surface area (Å²) < 4.78 is 45.5. The normalized spacial score (nSPS) is 13.7. The first-order chi connectivity index (χ1) is 15.9. The predicted molar refractivity (Wildman–Crippen MR) is 141 cm³/mol. The molecule has 184 valence electrons. The summed E-state index contributed by atoms with van der Waals surface area (Å²) in [7, 11) is -5.26. The van der Waals surface area contributed by atoms with Gasteiger partial charge in [-0.1, -0.05) is 29.8 Å². The second kappa shape index (κ2) is 10.9. The van der Waals surface area contributed by atoms with E-state index < -0.39 is 17.4 Å². The number of carbonyl (C=O) groups is 1. The molecule has 0 aliphatic heterocycles. The summed E-state index contributed by atoms with van der Waals surface area (Å²) in [6.07, 6.45) is 1.06. The van der Waals surface area contributed by atoms with E-state index in [4.69, 9.17) is 4.42 Å². The molecule has 3 N–H and O–H groups in total. The average Bonchev–Trinajstić information content (AvgIpc) is 3.10. The van der Waals surface area contributed by atoms with Crippen molar-refractivity contribution in [1.82, 2.24) is 15.0 Å². The van der Waals surface area contributed by atoms with Gasteiger partial charge in [0, 0.05) is 35.6 Å². The topological polar surface area (TPSA) is 139 Å². The number of aromatic nitrogens is 1. The Kier molecular flexibility index (Phi) is 8.56. The van der Waals surface area contributed by atoms with Crippen LogP contribution in [0.4, 0.5) is 0 Å². The molecule has 0 aliphatic carbocycles. The fourth-order valence-corrected chi connectivity index (χ4v) is 6.21. The van der Waals surface area contributed by atoms with Crippen LogP contribution in [0.5, 0.6) is 0 Å². The van der Waals surface area contributed by atoms with Crippen LogP contribution in [0.15, 0.2) is 34.7 Å². The molecular formula is C22H27IN3O6PS. The second-order valence-corrected chi connectivity index (χ2v) is 13.7. The summed E-state index contributed by atoms with van der Waals surface area (Å²) >= 11 is 2.00. The third-order valence-electron chi connectivity index (χ3n) is 5.13. The fraction of sp³-hybridized carbons (Fsp3) is 0.364. The maximum absolute atomic E-state index is 12.7. The largest absolute Gasteiger partial charge is 0.437 e. The Labute approximate surface area is 212 Å². The van der Waals surface area contributed by atoms with Gasteiger partial charge in [0.25, 0.3) is 5.91 Å². The summed E-state index contributed by atoms with van der Waals surface area (Å²) in [6.45, 7) is 3.41. The zero-order valence-electron chi connectivity index (χ0n) is 19.1. The van der Waals surface area contributed by atoms with Crippen molar-refractivity contribution >= 4 is 57.0 Å². The molecule has 3 rings (SSSR count). The van der Waals surface area contributed by atoms with Gasteiger partial charge in [-0.15, -0.1) is 0 Å². The Morgan fingerprint density at radius 3 is 2.53 bits per heavy atom. The highest BCUT2D eigenvalue weighted by Gasteiger charge is 2.25. The van der Waals surface area contributed by atoms with Crippen LogP contribution in [0, 0.1) is 10.5 Å². The van der Waals surface area contributed by atoms with Gasteiger partial charge >= 0.3 is 0 Å². The average molecular weight is 619 g/mol. The van der Waals surface area contributed by atoms with E-state index in [0.29, 0.717) is 44.4 Å². The van der Waals surface area contributed by atoms with Crippen molar-refractivity contribution in [3.05, 3.63) is 50.7 Å². The minimum Gasteiger partial charge on any atom is -0.437 e. The summed E-state index contributed by atoms with van der Waals surface area (Å²) in [5.74, 6) is -0.315. The predicted octanol–water partition coefficient (Wildman–Crippen LogP) is 3.87. The number of benzene rings is 1. The summed E-state index contributed by atoms with van der Waals surface area (Å²) in [6, 6.07) is 9.25. The third-order valence-corrected chi connectivity index (χ3v) is 8.50. The lowest BCUT2D eigenvalue weighted by atomic mass is 10.0. The second-order valence-electron chi connectivity index (χ2n) is 8.16. The SMILES string of the molecule is CNC(=O)c1c(-c2ccc(C)cc2)oc2nc(CS(=O)(=O)NCCCCP(C)(=O)O)c(I)cc12. The first-order valence-electron chi connectivity index (χ1n) is 10.6. The quantitative estimate of drug-likeness (QED) is 0.178. The first kappa shape index (κ1) is 26.8. The van der Waals surface area contributed by atoms with Crippen LogP contribution < -0.4 is 10.0 Å². The number of fused-ring (bicyclic) bond motifs is 1. The van der Waals surface area contributed by atoms with E-state index in [2.05, 4.69) is 15.0 Å². The van der Waals surface area contributed by atoms with Gasteiger partial charge in [0.05, 0.1) is 16.6 Å². The molecule has 0 saturated carbocycles.